The molecule has 1 atom stereocenters. The van der Waals surface area contributed by atoms with Gasteiger partial charge >= 0.3 is 0 Å². The molecule has 1 heterocycles. The number of hydrogen-bond donors (Lipinski definition) is 2. The maximum Gasteiger partial charge on any atom is 0.182 e. The number of Topliss-reactive ketones (excluding diaryl/α,β-unsaturated/α-hetero) is 1. The highest BCUT2D eigenvalue weighted by Gasteiger charge is 2.10. The number of nitrogens with two attached hydrogens (primary N) is 1. The zero-order valence-corrected chi connectivity index (χ0v) is 5.66. The molecular weight excluding hydrogens is 130 g/mol. The van der Waals surface area contributed by atoms with E-state index in [1.807, 2.05) is 0 Å². The van der Waals surface area contributed by atoms with Crippen molar-refractivity contribution in [2.45, 2.75) is 13.0 Å². The predicted molar refractivity (Wildman–Crippen MR) is 36.6 cm³/mol. The Morgan fingerprint density at radius 1 is 1.90 bits per heavy atom. The summed E-state index contributed by atoms with van der Waals surface area (Å²) in [5.41, 5.74) is 5.87. The molecule has 0 aliphatic rings. The molecule has 1 unspecified atom stereocenters. The summed E-state index contributed by atoms with van der Waals surface area (Å²) in [4.78, 5) is 11.0. The second kappa shape index (κ2) is 2.62. The molecule has 0 amide bonds. The number of aromatic nitrogens is 2. The lowest BCUT2D eigenvalue weighted by Gasteiger charge is -1.98. The molecule has 3 N–H and O–H groups in total. The quantitative estimate of drug-likeness (QED) is 0.564. The smallest absolute Gasteiger partial charge is 0.182 e. The summed E-state index contributed by atoms with van der Waals surface area (Å²) in [6.07, 6.45) is 3.00. The lowest BCUT2D eigenvalue weighted by atomic mass is 10.1. The first-order valence-electron chi connectivity index (χ1n) is 3.00. The molecule has 1 aromatic heterocycles. The lowest BCUT2D eigenvalue weighted by Crippen LogP contribution is -2.26. The molecule has 0 bridgehead atoms. The number of ketones is 1. The normalized spacial score (nSPS) is 13.0. The molecule has 0 aliphatic carbocycles. The van der Waals surface area contributed by atoms with Gasteiger partial charge in [0.1, 0.15) is 0 Å². The van der Waals surface area contributed by atoms with Crippen molar-refractivity contribution in [3.8, 4) is 0 Å². The number of carbonyl (C=O) groups is 1. The van der Waals surface area contributed by atoms with Crippen LogP contribution in [-0.4, -0.2) is 22.0 Å². The largest absolute Gasteiger partial charge is 0.321 e. The van der Waals surface area contributed by atoms with E-state index in [2.05, 4.69) is 10.2 Å². The molecular formula is C6H9N3O. The van der Waals surface area contributed by atoms with Gasteiger partial charge in [-0.1, -0.05) is 0 Å². The van der Waals surface area contributed by atoms with Crippen molar-refractivity contribution in [2.24, 2.45) is 5.73 Å². The van der Waals surface area contributed by atoms with Gasteiger partial charge in [-0.25, -0.2) is 0 Å². The van der Waals surface area contributed by atoms with Gasteiger partial charge in [0.05, 0.1) is 17.8 Å². The lowest BCUT2D eigenvalue weighted by molar-refractivity contribution is 0.0968. The molecule has 54 valence electrons. The van der Waals surface area contributed by atoms with Crippen LogP contribution in [0.5, 0.6) is 0 Å². The van der Waals surface area contributed by atoms with E-state index in [1.165, 1.54) is 12.4 Å². The summed E-state index contributed by atoms with van der Waals surface area (Å²) in [5, 5.41) is 6.16. The fourth-order valence-corrected chi connectivity index (χ4v) is 0.649. The number of nitrogens with one attached hydrogen (secondary N) is 1. The van der Waals surface area contributed by atoms with Crippen LogP contribution in [0.15, 0.2) is 12.4 Å². The van der Waals surface area contributed by atoms with Gasteiger partial charge in [0.15, 0.2) is 5.78 Å². The molecule has 10 heavy (non-hydrogen) atoms. The van der Waals surface area contributed by atoms with Crippen LogP contribution in [0.2, 0.25) is 0 Å². The van der Waals surface area contributed by atoms with Crippen LogP contribution in [-0.2, 0) is 0 Å². The van der Waals surface area contributed by atoms with Gasteiger partial charge in [0, 0.05) is 6.20 Å². The number of nitrogens with zero attached hydrogens (tertiary/aromatic N) is 1. The number of rotatable bonds is 2. The van der Waals surface area contributed by atoms with Crippen LogP contribution >= 0.6 is 0 Å². The first-order chi connectivity index (χ1) is 4.72. The fourth-order valence-electron chi connectivity index (χ4n) is 0.649. The van der Waals surface area contributed by atoms with Crippen LogP contribution < -0.4 is 5.73 Å². The van der Waals surface area contributed by atoms with Crippen LogP contribution in [0.4, 0.5) is 0 Å². The topological polar surface area (TPSA) is 71.8 Å². The summed E-state index contributed by atoms with van der Waals surface area (Å²) >= 11 is 0. The molecule has 4 nitrogen and oxygen atoms in total. The molecule has 0 saturated carbocycles. The van der Waals surface area contributed by atoms with Gasteiger partial charge in [-0.2, -0.15) is 5.10 Å². The molecule has 0 aliphatic heterocycles. The number of hydrogen-bond acceptors (Lipinski definition) is 3. The highest BCUT2D eigenvalue weighted by atomic mass is 16.1. The molecule has 0 spiro atoms. The van der Waals surface area contributed by atoms with E-state index < -0.39 is 6.04 Å². The minimum atomic E-state index is -0.447. The summed E-state index contributed by atoms with van der Waals surface area (Å²) in [5.74, 6) is -0.0891. The first kappa shape index (κ1) is 6.95. The van der Waals surface area contributed by atoms with E-state index in [0.717, 1.165) is 0 Å². The van der Waals surface area contributed by atoms with Crippen molar-refractivity contribution in [1.82, 2.24) is 10.2 Å². The third-order valence-electron chi connectivity index (χ3n) is 1.20. The van der Waals surface area contributed by atoms with Crippen molar-refractivity contribution >= 4 is 5.78 Å². The Bertz CT molecular complexity index is 215. The van der Waals surface area contributed by atoms with Crippen LogP contribution in [0, 0.1) is 0 Å². The fraction of sp³-hybridized carbons (Fsp3) is 0.333. The standard InChI is InChI=1S/C6H9N3O/c1-4(7)6(10)5-2-8-9-3-5/h2-4H,7H2,1H3,(H,8,9). The minimum absolute atomic E-state index is 0.0891. The Morgan fingerprint density at radius 2 is 2.60 bits per heavy atom. The monoisotopic (exact) mass is 139 g/mol. The molecule has 0 saturated heterocycles. The highest BCUT2D eigenvalue weighted by molar-refractivity contribution is 5.99. The summed E-state index contributed by atoms with van der Waals surface area (Å²) in [7, 11) is 0. The summed E-state index contributed by atoms with van der Waals surface area (Å²) in [6.45, 7) is 1.65. The van der Waals surface area contributed by atoms with Gasteiger partial charge < -0.3 is 5.73 Å². The maximum atomic E-state index is 11.0. The number of H-pyrrole nitrogens is 1. The second-order valence-electron chi connectivity index (χ2n) is 2.14. The number of aromatic amines is 1. The van der Waals surface area contributed by atoms with Gasteiger partial charge in [0.2, 0.25) is 0 Å². The Hall–Kier alpha value is -1.16. The average molecular weight is 139 g/mol. The maximum absolute atomic E-state index is 11.0. The second-order valence-corrected chi connectivity index (χ2v) is 2.14. The van der Waals surface area contributed by atoms with Crippen LogP contribution in [0.1, 0.15) is 17.3 Å². The SMILES string of the molecule is CC(N)C(=O)c1cn[nH]c1. The van der Waals surface area contributed by atoms with Gasteiger partial charge in [-0.15, -0.1) is 0 Å². The van der Waals surface area contributed by atoms with Crippen molar-refractivity contribution in [1.29, 1.82) is 0 Å². The Balaban J connectivity index is 2.78. The van der Waals surface area contributed by atoms with E-state index >= 15 is 0 Å². The number of carbonyl (C=O) groups excluding carboxylic acids is 1. The molecule has 1 rings (SSSR count). The third kappa shape index (κ3) is 1.22. The van der Waals surface area contributed by atoms with Crippen LogP contribution in [0.25, 0.3) is 0 Å². The Kier molecular flexibility index (Phi) is 1.82. The summed E-state index contributed by atoms with van der Waals surface area (Å²) < 4.78 is 0. The van der Waals surface area contributed by atoms with E-state index in [9.17, 15) is 4.79 Å². The van der Waals surface area contributed by atoms with Crippen molar-refractivity contribution < 1.29 is 4.79 Å². The zero-order chi connectivity index (χ0) is 7.56. The Labute approximate surface area is 58.4 Å². The van der Waals surface area contributed by atoms with E-state index in [1.54, 1.807) is 6.92 Å². The van der Waals surface area contributed by atoms with Gasteiger partial charge in [-0.3, -0.25) is 9.89 Å². The zero-order valence-electron chi connectivity index (χ0n) is 5.66. The molecule has 0 radical (unpaired) electrons. The van der Waals surface area contributed by atoms with E-state index in [4.69, 9.17) is 5.73 Å². The minimum Gasteiger partial charge on any atom is -0.321 e. The third-order valence-corrected chi connectivity index (χ3v) is 1.20. The van der Waals surface area contributed by atoms with Crippen molar-refractivity contribution in [3.05, 3.63) is 18.0 Å². The molecule has 1 aromatic rings. The molecule has 0 aromatic carbocycles. The van der Waals surface area contributed by atoms with Crippen molar-refractivity contribution in [3.63, 3.8) is 0 Å². The van der Waals surface area contributed by atoms with Gasteiger partial charge in [0.25, 0.3) is 0 Å². The van der Waals surface area contributed by atoms with Crippen LogP contribution in [0.3, 0.4) is 0 Å². The average Bonchev–Trinajstić information content (AvgIpc) is 2.36. The van der Waals surface area contributed by atoms with Gasteiger partial charge in [-0.05, 0) is 6.92 Å². The highest BCUT2D eigenvalue weighted by Crippen LogP contribution is 1.97. The predicted octanol–water partition coefficient (Wildman–Crippen LogP) is -0.0604. The summed E-state index contributed by atoms with van der Waals surface area (Å²) in [6, 6.07) is -0.447. The van der Waals surface area contributed by atoms with E-state index in [-0.39, 0.29) is 5.78 Å². The molecule has 0 fully saturated rings. The van der Waals surface area contributed by atoms with Crippen molar-refractivity contribution in [2.75, 3.05) is 0 Å². The molecule has 4 heteroatoms. The Morgan fingerprint density at radius 3 is 3.00 bits per heavy atom. The first-order valence-corrected chi connectivity index (χ1v) is 3.00. The van der Waals surface area contributed by atoms with E-state index in [0.29, 0.717) is 5.56 Å².